The third-order valence-electron chi connectivity index (χ3n) is 4.64. The van der Waals surface area contributed by atoms with Gasteiger partial charge in [-0.3, -0.25) is 4.79 Å². The first-order valence-corrected chi connectivity index (χ1v) is 7.88. The van der Waals surface area contributed by atoms with E-state index in [1.807, 2.05) is 0 Å². The van der Waals surface area contributed by atoms with Gasteiger partial charge in [-0.25, -0.2) is 4.98 Å². The topological polar surface area (TPSA) is 60.5 Å². The average Bonchev–Trinajstić information content (AvgIpc) is 3.25. The van der Waals surface area contributed by atoms with Crippen molar-refractivity contribution in [2.24, 2.45) is 11.3 Å². The Morgan fingerprint density at radius 2 is 2.12 bits per heavy atom. The maximum Gasteiger partial charge on any atom is 0.422 e. The summed E-state index contributed by atoms with van der Waals surface area (Å²) in [7, 11) is 0. The van der Waals surface area contributed by atoms with Crippen LogP contribution in [-0.4, -0.2) is 36.9 Å². The van der Waals surface area contributed by atoms with Crippen LogP contribution in [0.4, 0.5) is 13.2 Å². The number of rotatable bonds is 5. The molecule has 2 heterocycles. The molecule has 1 amide bonds. The zero-order chi connectivity index (χ0) is 17.2. The highest BCUT2D eigenvalue weighted by Crippen LogP contribution is 2.59. The minimum absolute atomic E-state index is 0.0225. The lowest BCUT2D eigenvalue weighted by Crippen LogP contribution is -2.29. The van der Waals surface area contributed by atoms with Crippen LogP contribution in [0.2, 0.25) is 0 Å². The molecule has 5 nitrogen and oxygen atoms in total. The SMILES string of the molecule is O=C(NCc1ccc(OCC(F)(F)F)nc1)C1CC12CCOCC2. The molecule has 1 saturated carbocycles. The van der Waals surface area contributed by atoms with Gasteiger partial charge in [0.2, 0.25) is 11.8 Å². The highest BCUT2D eigenvalue weighted by Gasteiger charge is 2.57. The van der Waals surface area contributed by atoms with E-state index in [-0.39, 0.29) is 23.1 Å². The first-order chi connectivity index (χ1) is 11.4. The molecule has 1 atom stereocenters. The third-order valence-corrected chi connectivity index (χ3v) is 4.64. The quantitative estimate of drug-likeness (QED) is 0.891. The van der Waals surface area contributed by atoms with Crippen molar-refractivity contribution in [3.8, 4) is 5.88 Å². The van der Waals surface area contributed by atoms with E-state index in [0.29, 0.717) is 25.3 Å². The predicted octanol–water partition coefficient (Wildman–Crippen LogP) is 2.46. The highest BCUT2D eigenvalue weighted by molar-refractivity contribution is 5.82. The Morgan fingerprint density at radius 3 is 2.75 bits per heavy atom. The van der Waals surface area contributed by atoms with Crippen molar-refractivity contribution in [2.45, 2.75) is 32.0 Å². The van der Waals surface area contributed by atoms with Crippen LogP contribution in [0, 0.1) is 11.3 Å². The fraction of sp³-hybridized carbons (Fsp3) is 0.625. The third kappa shape index (κ3) is 4.17. The molecule has 1 aliphatic carbocycles. The number of halogens is 3. The molecule has 2 aliphatic rings. The van der Waals surface area contributed by atoms with E-state index in [4.69, 9.17) is 4.74 Å². The fourth-order valence-electron chi connectivity index (χ4n) is 3.12. The second kappa shape index (κ2) is 6.58. The van der Waals surface area contributed by atoms with Gasteiger partial charge in [0.1, 0.15) is 0 Å². The van der Waals surface area contributed by atoms with Crippen LogP contribution >= 0.6 is 0 Å². The number of hydrogen-bond acceptors (Lipinski definition) is 4. The zero-order valence-electron chi connectivity index (χ0n) is 13.1. The summed E-state index contributed by atoms with van der Waals surface area (Å²) >= 11 is 0. The number of aromatic nitrogens is 1. The van der Waals surface area contributed by atoms with E-state index in [1.165, 1.54) is 12.3 Å². The Balaban J connectivity index is 1.44. The molecule has 1 aromatic heterocycles. The molecule has 0 radical (unpaired) electrons. The van der Waals surface area contributed by atoms with Crippen LogP contribution in [-0.2, 0) is 16.1 Å². The van der Waals surface area contributed by atoms with E-state index in [1.54, 1.807) is 6.07 Å². The monoisotopic (exact) mass is 344 g/mol. The molecule has 1 aromatic rings. The van der Waals surface area contributed by atoms with E-state index in [0.717, 1.165) is 19.3 Å². The average molecular weight is 344 g/mol. The summed E-state index contributed by atoms with van der Waals surface area (Å²) < 4.78 is 46.0. The lowest BCUT2D eigenvalue weighted by atomic mass is 9.93. The molecule has 3 rings (SSSR count). The van der Waals surface area contributed by atoms with Gasteiger partial charge in [-0.05, 0) is 30.2 Å². The molecule has 1 saturated heterocycles. The molecular formula is C16H19F3N2O3. The molecule has 2 fully saturated rings. The van der Waals surface area contributed by atoms with Crippen LogP contribution in [0.25, 0.3) is 0 Å². The van der Waals surface area contributed by atoms with E-state index in [2.05, 4.69) is 15.0 Å². The number of pyridine rings is 1. The van der Waals surface area contributed by atoms with Crippen LogP contribution in [0.3, 0.4) is 0 Å². The number of alkyl halides is 3. The smallest absolute Gasteiger partial charge is 0.422 e. The summed E-state index contributed by atoms with van der Waals surface area (Å²) in [5.74, 6) is -0.0243. The van der Waals surface area contributed by atoms with Crippen molar-refractivity contribution in [1.82, 2.24) is 10.3 Å². The predicted molar refractivity (Wildman–Crippen MR) is 78.2 cm³/mol. The lowest BCUT2D eigenvalue weighted by molar-refractivity contribution is -0.154. The number of carbonyl (C=O) groups excluding carboxylic acids is 1. The summed E-state index contributed by atoms with van der Waals surface area (Å²) in [6.07, 6.45) is -0.220. The normalized spacial score (nSPS) is 22.2. The van der Waals surface area contributed by atoms with Gasteiger partial charge in [0, 0.05) is 37.9 Å². The number of amides is 1. The van der Waals surface area contributed by atoms with Crippen molar-refractivity contribution in [3.05, 3.63) is 23.9 Å². The van der Waals surface area contributed by atoms with Gasteiger partial charge in [-0.15, -0.1) is 0 Å². The molecule has 132 valence electrons. The van der Waals surface area contributed by atoms with Crippen molar-refractivity contribution in [3.63, 3.8) is 0 Å². The largest absolute Gasteiger partial charge is 0.468 e. The van der Waals surface area contributed by atoms with E-state index >= 15 is 0 Å². The van der Waals surface area contributed by atoms with E-state index < -0.39 is 12.8 Å². The summed E-state index contributed by atoms with van der Waals surface area (Å²) in [5, 5.41) is 2.87. The molecule has 0 aromatic carbocycles. The highest BCUT2D eigenvalue weighted by atomic mass is 19.4. The van der Waals surface area contributed by atoms with Gasteiger partial charge in [0.05, 0.1) is 0 Å². The Kier molecular flexibility index (Phi) is 4.67. The van der Waals surface area contributed by atoms with Crippen LogP contribution in [0.15, 0.2) is 18.3 Å². The molecule has 1 unspecified atom stereocenters. The molecule has 1 aliphatic heterocycles. The van der Waals surface area contributed by atoms with Crippen LogP contribution in [0.1, 0.15) is 24.8 Å². The van der Waals surface area contributed by atoms with Crippen LogP contribution < -0.4 is 10.1 Å². The van der Waals surface area contributed by atoms with Crippen molar-refractivity contribution >= 4 is 5.91 Å². The summed E-state index contributed by atoms with van der Waals surface area (Å²) in [6, 6.07) is 2.96. The van der Waals surface area contributed by atoms with Gasteiger partial charge in [0.15, 0.2) is 6.61 Å². The van der Waals surface area contributed by atoms with Gasteiger partial charge < -0.3 is 14.8 Å². The van der Waals surface area contributed by atoms with Gasteiger partial charge in [-0.1, -0.05) is 6.07 Å². The number of carbonyl (C=O) groups is 1. The standard InChI is InChI=1S/C16H19F3N2O3/c17-16(18,19)10-24-13-2-1-11(8-20-13)9-21-14(22)12-7-15(12)3-5-23-6-4-15/h1-2,8,12H,3-7,9-10H2,(H,21,22). The van der Waals surface area contributed by atoms with Gasteiger partial charge >= 0.3 is 6.18 Å². The molecule has 8 heteroatoms. The molecule has 24 heavy (non-hydrogen) atoms. The lowest BCUT2D eigenvalue weighted by Gasteiger charge is -2.22. The summed E-state index contributed by atoms with van der Waals surface area (Å²) in [5.41, 5.74) is 0.833. The van der Waals surface area contributed by atoms with Crippen LogP contribution in [0.5, 0.6) is 5.88 Å². The maximum atomic E-state index is 12.2. The van der Waals surface area contributed by atoms with Gasteiger partial charge in [0.25, 0.3) is 0 Å². The Hall–Kier alpha value is -1.83. The maximum absolute atomic E-state index is 12.2. The minimum Gasteiger partial charge on any atom is -0.468 e. The second-order valence-electron chi connectivity index (χ2n) is 6.36. The molecule has 1 spiro atoms. The van der Waals surface area contributed by atoms with Crippen molar-refractivity contribution in [1.29, 1.82) is 0 Å². The first-order valence-electron chi connectivity index (χ1n) is 7.88. The second-order valence-corrected chi connectivity index (χ2v) is 6.36. The number of hydrogen-bond donors (Lipinski definition) is 1. The van der Waals surface area contributed by atoms with Crippen molar-refractivity contribution in [2.75, 3.05) is 19.8 Å². The Labute approximate surface area is 137 Å². The minimum atomic E-state index is -4.39. The van der Waals surface area contributed by atoms with Crippen molar-refractivity contribution < 1.29 is 27.4 Å². The molecule has 1 N–H and O–H groups in total. The Morgan fingerprint density at radius 1 is 1.38 bits per heavy atom. The fourth-order valence-corrected chi connectivity index (χ4v) is 3.12. The first kappa shape index (κ1) is 17.0. The Bertz CT molecular complexity index is 583. The number of nitrogens with zero attached hydrogens (tertiary/aromatic N) is 1. The summed E-state index contributed by atoms with van der Waals surface area (Å²) in [4.78, 5) is 16.0. The van der Waals surface area contributed by atoms with E-state index in [9.17, 15) is 18.0 Å². The molecular weight excluding hydrogens is 325 g/mol. The number of ether oxygens (including phenoxy) is 2. The number of nitrogens with one attached hydrogen (secondary N) is 1. The molecule has 0 bridgehead atoms. The zero-order valence-corrected chi connectivity index (χ0v) is 13.1. The van der Waals surface area contributed by atoms with Gasteiger partial charge in [-0.2, -0.15) is 13.2 Å². The summed E-state index contributed by atoms with van der Waals surface area (Å²) in [6.45, 7) is 0.359.